The first kappa shape index (κ1) is 19.7. The van der Waals surface area contributed by atoms with Crippen molar-refractivity contribution in [1.29, 1.82) is 0 Å². The number of hydrogen-bond donors (Lipinski definition) is 0. The molecule has 0 atom stereocenters. The fraction of sp³-hybridized carbons (Fsp3) is 0.150. The van der Waals surface area contributed by atoms with Crippen LogP contribution in [0.3, 0.4) is 0 Å². The molecule has 0 spiro atoms. The van der Waals surface area contributed by atoms with Crippen LogP contribution in [0.1, 0.15) is 11.1 Å². The van der Waals surface area contributed by atoms with Crippen LogP contribution < -0.4 is 0 Å². The number of carbonyl (C=O) groups is 1. The van der Waals surface area contributed by atoms with Crippen molar-refractivity contribution in [2.45, 2.75) is 0 Å². The van der Waals surface area contributed by atoms with Gasteiger partial charge in [-0.05, 0) is 54.6 Å². The van der Waals surface area contributed by atoms with Crippen molar-refractivity contribution in [3.8, 4) is 0 Å². The van der Waals surface area contributed by atoms with Gasteiger partial charge in [0.2, 0.25) is 0 Å². The number of likely N-dealkylation sites (N-methyl/N-ethyl adjacent to an activating group) is 1. The van der Waals surface area contributed by atoms with Crippen LogP contribution in [-0.4, -0.2) is 30.8 Å². The van der Waals surface area contributed by atoms with Crippen molar-refractivity contribution in [3.63, 3.8) is 0 Å². The maximum atomic E-state index is 12.8. The molecule has 1 aliphatic rings. The number of piperidine rings is 1. The quantitative estimate of drug-likeness (QED) is 0.636. The Bertz CT molecular complexity index is 740. The molecule has 2 aromatic carbocycles. The highest BCUT2D eigenvalue weighted by Gasteiger charge is 2.23. The lowest BCUT2D eigenvalue weighted by Gasteiger charge is -2.26. The average molecular weight is 395 g/mol. The Hall–Kier alpha value is -1.58. The normalized spacial score (nSPS) is 18.4. The molecule has 0 aromatic heterocycles. The highest BCUT2D eigenvalue weighted by Crippen LogP contribution is 2.22. The van der Waals surface area contributed by atoms with Crippen LogP contribution in [0.15, 0.2) is 59.7 Å². The molecule has 0 bridgehead atoms. The molecule has 0 radical (unpaired) electrons. The van der Waals surface area contributed by atoms with Gasteiger partial charge in [0.05, 0.1) is 0 Å². The molecule has 5 heteroatoms. The molecule has 0 saturated carbocycles. The summed E-state index contributed by atoms with van der Waals surface area (Å²) in [5.74, 6) is 0.0954. The summed E-state index contributed by atoms with van der Waals surface area (Å²) in [6.45, 7) is 1.28. The minimum Gasteiger partial charge on any atom is -0.298 e. The van der Waals surface area contributed by atoms with Crippen molar-refractivity contribution in [2.24, 2.45) is 0 Å². The number of nitrogens with zero attached hydrogens (tertiary/aromatic N) is 1. The molecular weight excluding hydrogens is 377 g/mol. The monoisotopic (exact) mass is 393 g/mol. The van der Waals surface area contributed by atoms with Crippen molar-refractivity contribution in [1.82, 2.24) is 4.90 Å². The first-order valence-electron chi connectivity index (χ1n) is 7.67. The van der Waals surface area contributed by atoms with E-state index in [0.29, 0.717) is 23.1 Å². The second-order valence-corrected chi connectivity index (χ2v) is 6.82. The number of halogens is 3. The second-order valence-electron chi connectivity index (χ2n) is 5.94. The molecule has 0 aliphatic carbocycles. The lowest BCUT2D eigenvalue weighted by atomic mass is 9.94. The summed E-state index contributed by atoms with van der Waals surface area (Å²) < 4.78 is 0. The van der Waals surface area contributed by atoms with E-state index >= 15 is 0 Å². The third kappa shape index (κ3) is 5.20. The number of carbonyl (C=O) groups excluding carboxylic acids is 1. The molecule has 0 N–H and O–H groups in total. The van der Waals surface area contributed by atoms with E-state index in [1.807, 2.05) is 67.7 Å². The van der Waals surface area contributed by atoms with Crippen LogP contribution in [0.25, 0.3) is 12.2 Å². The van der Waals surface area contributed by atoms with E-state index in [1.54, 1.807) is 0 Å². The molecule has 0 amide bonds. The van der Waals surface area contributed by atoms with E-state index in [9.17, 15) is 4.79 Å². The van der Waals surface area contributed by atoms with E-state index in [1.165, 1.54) is 0 Å². The molecule has 1 heterocycles. The zero-order valence-electron chi connectivity index (χ0n) is 13.7. The van der Waals surface area contributed by atoms with Gasteiger partial charge in [-0.1, -0.05) is 47.5 Å². The van der Waals surface area contributed by atoms with Gasteiger partial charge in [-0.3, -0.25) is 9.69 Å². The molecule has 25 heavy (non-hydrogen) atoms. The Labute approximate surface area is 164 Å². The average Bonchev–Trinajstić information content (AvgIpc) is 2.56. The third-order valence-electron chi connectivity index (χ3n) is 3.89. The maximum Gasteiger partial charge on any atom is 0.187 e. The predicted octanol–water partition coefficient (Wildman–Crippen LogP) is 5.40. The number of rotatable bonds is 2. The molecule has 2 nitrogen and oxygen atoms in total. The number of Topliss-reactive ketones (excluding diaryl/α,β-unsaturated/α-hetero) is 1. The number of ketones is 1. The minimum atomic E-state index is 0. The Balaban J connectivity index is 0.00000225. The molecule has 0 unspecified atom stereocenters. The van der Waals surface area contributed by atoms with E-state index in [2.05, 4.69) is 4.90 Å². The summed E-state index contributed by atoms with van der Waals surface area (Å²) in [7, 11) is 2.01. The fourth-order valence-corrected chi connectivity index (χ4v) is 2.98. The van der Waals surface area contributed by atoms with Gasteiger partial charge in [0, 0.05) is 34.3 Å². The summed E-state index contributed by atoms with van der Waals surface area (Å²) in [4.78, 5) is 14.9. The van der Waals surface area contributed by atoms with Crippen molar-refractivity contribution >= 4 is 53.5 Å². The fourth-order valence-electron chi connectivity index (χ4n) is 2.73. The Morgan fingerprint density at radius 1 is 0.800 bits per heavy atom. The Morgan fingerprint density at radius 2 is 1.16 bits per heavy atom. The lowest BCUT2D eigenvalue weighted by Crippen LogP contribution is -2.34. The summed E-state index contributed by atoms with van der Waals surface area (Å²) in [6, 6.07) is 15.0. The zero-order valence-corrected chi connectivity index (χ0v) is 16.0. The topological polar surface area (TPSA) is 20.3 Å². The van der Waals surface area contributed by atoms with Crippen molar-refractivity contribution < 1.29 is 4.79 Å². The van der Waals surface area contributed by atoms with Gasteiger partial charge >= 0.3 is 0 Å². The summed E-state index contributed by atoms with van der Waals surface area (Å²) >= 11 is 11.8. The summed E-state index contributed by atoms with van der Waals surface area (Å²) in [5.41, 5.74) is 3.52. The van der Waals surface area contributed by atoms with Crippen LogP contribution in [0.4, 0.5) is 0 Å². The first-order valence-corrected chi connectivity index (χ1v) is 8.42. The highest BCUT2D eigenvalue weighted by atomic mass is 35.5. The Morgan fingerprint density at radius 3 is 1.52 bits per heavy atom. The van der Waals surface area contributed by atoms with Crippen LogP contribution in [-0.2, 0) is 4.79 Å². The predicted molar refractivity (Wildman–Crippen MR) is 109 cm³/mol. The van der Waals surface area contributed by atoms with Crippen LogP contribution in [0.5, 0.6) is 0 Å². The van der Waals surface area contributed by atoms with E-state index in [-0.39, 0.29) is 18.2 Å². The van der Waals surface area contributed by atoms with Gasteiger partial charge in [-0.15, -0.1) is 12.4 Å². The van der Waals surface area contributed by atoms with Gasteiger partial charge in [-0.2, -0.15) is 0 Å². The van der Waals surface area contributed by atoms with Crippen molar-refractivity contribution in [3.05, 3.63) is 80.8 Å². The van der Waals surface area contributed by atoms with E-state index in [4.69, 9.17) is 23.2 Å². The SMILES string of the molecule is CN1C/C(=C\c2ccc(Cl)cc2)C(=O)/C(=C/c2ccc(Cl)cc2)C1.Cl. The molecule has 1 fully saturated rings. The van der Waals surface area contributed by atoms with Gasteiger partial charge in [0.25, 0.3) is 0 Å². The molecule has 2 aromatic rings. The van der Waals surface area contributed by atoms with Gasteiger partial charge in [0.1, 0.15) is 0 Å². The van der Waals surface area contributed by atoms with Gasteiger partial charge in [0.15, 0.2) is 5.78 Å². The lowest BCUT2D eigenvalue weighted by molar-refractivity contribution is -0.113. The zero-order chi connectivity index (χ0) is 17.1. The summed E-state index contributed by atoms with van der Waals surface area (Å²) in [5, 5.41) is 1.38. The molecule has 3 rings (SSSR count). The van der Waals surface area contributed by atoms with Crippen molar-refractivity contribution in [2.75, 3.05) is 20.1 Å². The standard InChI is InChI=1S/C20H17Cl2NO.ClH/c1-23-12-16(10-14-2-6-18(21)7-3-14)20(24)17(13-23)11-15-4-8-19(22)9-5-15;/h2-11H,12-13H2,1H3;1H/b16-10+,17-11+;. The largest absolute Gasteiger partial charge is 0.298 e. The third-order valence-corrected chi connectivity index (χ3v) is 4.39. The number of likely N-dealkylation sites (tertiary alicyclic amines) is 1. The highest BCUT2D eigenvalue weighted by molar-refractivity contribution is 6.30. The van der Waals surface area contributed by atoms with Gasteiger partial charge < -0.3 is 0 Å². The smallest absolute Gasteiger partial charge is 0.187 e. The Kier molecular flexibility index (Phi) is 6.86. The maximum absolute atomic E-state index is 12.8. The van der Waals surface area contributed by atoms with E-state index < -0.39 is 0 Å². The van der Waals surface area contributed by atoms with Crippen LogP contribution >= 0.6 is 35.6 Å². The molecular formula is C20H18Cl3NO. The molecule has 130 valence electrons. The number of hydrogen-bond acceptors (Lipinski definition) is 2. The van der Waals surface area contributed by atoms with E-state index in [0.717, 1.165) is 22.3 Å². The van der Waals surface area contributed by atoms with Crippen LogP contribution in [0, 0.1) is 0 Å². The second kappa shape index (κ2) is 8.68. The van der Waals surface area contributed by atoms with Gasteiger partial charge in [-0.25, -0.2) is 0 Å². The first-order chi connectivity index (χ1) is 11.5. The number of benzene rings is 2. The van der Waals surface area contributed by atoms with Crippen LogP contribution in [0.2, 0.25) is 10.0 Å². The molecule has 1 saturated heterocycles. The summed E-state index contributed by atoms with van der Waals surface area (Å²) in [6.07, 6.45) is 3.87. The minimum absolute atomic E-state index is 0. The molecule has 1 aliphatic heterocycles.